The maximum Gasteiger partial charge on any atom is 0.238 e. The second-order valence-corrected chi connectivity index (χ2v) is 9.38. The molecule has 3 aromatic carbocycles. The van der Waals surface area contributed by atoms with Crippen molar-refractivity contribution in [3.05, 3.63) is 70.9 Å². The largest absolute Gasteiger partial charge is 0.303 e. The van der Waals surface area contributed by atoms with Crippen molar-refractivity contribution in [1.29, 1.82) is 0 Å². The topological polar surface area (TPSA) is 8.29 Å². The standard InChI is InChI=1S/C28H27N2/c1-15(2)19-7-8-21-22-9-10-29(6)28-25-18(5)17(4)13-20-11-16(3)12-24(26(20)25)30(27(22)28)23(21)14-19/h7-15H,1-6H3/q+1. The highest BCUT2D eigenvalue weighted by Crippen LogP contribution is 2.41. The molecule has 0 amide bonds. The molecular formula is C28H27N2+. The van der Waals surface area contributed by atoms with Crippen molar-refractivity contribution in [3.63, 3.8) is 0 Å². The Labute approximate surface area is 176 Å². The van der Waals surface area contributed by atoms with E-state index in [1.807, 2.05) is 0 Å². The van der Waals surface area contributed by atoms with Crippen LogP contribution >= 0.6 is 0 Å². The van der Waals surface area contributed by atoms with Crippen molar-refractivity contribution in [3.8, 4) is 0 Å². The normalized spacial score (nSPS) is 12.6. The molecule has 2 nitrogen and oxygen atoms in total. The van der Waals surface area contributed by atoms with Crippen LogP contribution < -0.4 is 4.57 Å². The molecule has 0 spiro atoms. The summed E-state index contributed by atoms with van der Waals surface area (Å²) in [5.41, 5.74) is 10.8. The summed E-state index contributed by atoms with van der Waals surface area (Å²) in [6, 6.07) is 16.4. The lowest BCUT2D eigenvalue weighted by atomic mass is 9.93. The average Bonchev–Trinajstić information content (AvgIpc) is 3.03. The molecule has 0 aliphatic heterocycles. The van der Waals surface area contributed by atoms with Gasteiger partial charge in [0, 0.05) is 22.2 Å². The van der Waals surface area contributed by atoms with Crippen LogP contribution in [0.4, 0.5) is 0 Å². The molecular weight excluding hydrogens is 364 g/mol. The van der Waals surface area contributed by atoms with Crippen LogP contribution in [0.2, 0.25) is 0 Å². The fourth-order valence-corrected chi connectivity index (χ4v) is 5.44. The highest BCUT2D eigenvalue weighted by atomic mass is 15.0. The summed E-state index contributed by atoms with van der Waals surface area (Å²) in [6.45, 7) is 11.3. The van der Waals surface area contributed by atoms with Gasteiger partial charge in [0.25, 0.3) is 0 Å². The lowest BCUT2D eigenvalue weighted by Crippen LogP contribution is -2.29. The first-order valence-corrected chi connectivity index (χ1v) is 10.9. The second-order valence-electron chi connectivity index (χ2n) is 9.38. The maximum absolute atomic E-state index is 2.53. The summed E-state index contributed by atoms with van der Waals surface area (Å²) in [5.74, 6) is 0.508. The summed E-state index contributed by atoms with van der Waals surface area (Å²) < 4.78 is 4.84. The first-order valence-electron chi connectivity index (χ1n) is 10.9. The van der Waals surface area contributed by atoms with E-state index in [2.05, 4.69) is 99.3 Å². The molecule has 0 saturated heterocycles. The Bertz CT molecular complexity index is 1650. The quantitative estimate of drug-likeness (QED) is 0.164. The Hall–Kier alpha value is -3.13. The second kappa shape index (κ2) is 5.72. The van der Waals surface area contributed by atoms with Crippen LogP contribution in [0.15, 0.2) is 48.7 Å². The number of hydrogen-bond donors (Lipinski definition) is 0. The molecule has 0 aliphatic rings. The Morgan fingerprint density at radius 3 is 2.40 bits per heavy atom. The Morgan fingerprint density at radius 2 is 1.63 bits per heavy atom. The highest BCUT2D eigenvalue weighted by Gasteiger charge is 2.25. The summed E-state index contributed by atoms with van der Waals surface area (Å²) in [4.78, 5) is 0. The third kappa shape index (κ3) is 2.06. The SMILES string of the molecule is Cc1cc2cc(C)c(C)c3c2c(c1)n1c2cc(C(C)C)ccc2c2cc[n+](C)c3c21. The van der Waals surface area contributed by atoms with Gasteiger partial charge in [-0.05, 0) is 66.5 Å². The first kappa shape index (κ1) is 17.7. The number of fused-ring (bicyclic) bond motifs is 5. The number of hydrogen-bond acceptors (Lipinski definition) is 0. The van der Waals surface area contributed by atoms with Crippen LogP contribution in [-0.2, 0) is 7.05 Å². The van der Waals surface area contributed by atoms with Gasteiger partial charge >= 0.3 is 0 Å². The minimum atomic E-state index is 0.508. The molecule has 2 heteroatoms. The fraction of sp³-hybridized carbons (Fsp3) is 0.250. The van der Waals surface area contributed by atoms with Crippen LogP contribution in [0.25, 0.3) is 49.0 Å². The van der Waals surface area contributed by atoms with Crippen molar-refractivity contribution in [2.45, 2.75) is 40.5 Å². The molecule has 0 fully saturated rings. The van der Waals surface area contributed by atoms with E-state index < -0.39 is 0 Å². The maximum atomic E-state index is 2.53. The zero-order chi connectivity index (χ0) is 20.9. The number of benzene rings is 3. The van der Waals surface area contributed by atoms with Gasteiger partial charge in [-0.25, -0.2) is 0 Å². The van der Waals surface area contributed by atoms with E-state index in [1.165, 1.54) is 71.3 Å². The van der Waals surface area contributed by atoms with Gasteiger partial charge in [-0.15, -0.1) is 0 Å². The third-order valence-electron chi connectivity index (χ3n) is 7.10. The summed E-state index contributed by atoms with van der Waals surface area (Å²) in [5, 5.41) is 6.80. The molecule has 3 heterocycles. The summed E-state index contributed by atoms with van der Waals surface area (Å²) >= 11 is 0. The molecule has 0 radical (unpaired) electrons. The van der Waals surface area contributed by atoms with Crippen molar-refractivity contribution in [2.24, 2.45) is 7.05 Å². The lowest BCUT2D eigenvalue weighted by molar-refractivity contribution is -0.644. The molecule has 30 heavy (non-hydrogen) atoms. The van der Waals surface area contributed by atoms with E-state index in [9.17, 15) is 0 Å². The van der Waals surface area contributed by atoms with Gasteiger partial charge in [0.2, 0.25) is 5.52 Å². The van der Waals surface area contributed by atoms with Crippen LogP contribution in [0.5, 0.6) is 0 Å². The first-order chi connectivity index (χ1) is 14.4. The number of aryl methyl sites for hydroxylation is 4. The minimum Gasteiger partial charge on any atom is -0.303 e. The molecule has 3 aromatic heterocycles. The summed E-state index contributed by atoms with van der Waals surface area (Å²) in [7, 11) is 2.18. The lowest BCUT2D eigenvalue weighted by Gasteiger charge is -2.16. The molecule has 148 valence electrons. The smallest absolute Gasteiger partial charge is 0.238 e. The van der Waals surface area contributed by atoms with Gasteiger partial charge in [0.15, 0.2) is 6.20 Å². The van der Waals surface area contributed by atoms with Gasteiger partial charge in [-0.3, -0.25) is 0 Å². The average molecular weight is 392 g/mol. The number of aromatic nitrogens is 2. The molecule has 6 aromatic rings. The van der Waals surface area contributed by atoms with E-state index in [4.69, 9.17) is 0 Å². The fourth-order valence-electron chi connectivity index (χ4n) is 5.44. The molecule has 0 saturated carbocycles. The van der Waals surface area contributed by atoms with Gasteiger partial charge in [0.05, 0.1) is 16.4 Å². The zero-order valence-corrected chi connectivity index (χ0v) is 18.6. The highest BCUT2D eigenvalue weighted by molar-refractivity contribution is 6.26. The molecule has 0 bridgehead atoms. The predicted molar refractivity (Wildman–Crippen MR) is 128 cm³/mol. The Balaban J connectivity index is 2.07. The molecule has 0 N–H and O–H groups in total. The van der Waals surface area contributed by atoms with E-state index in [1.54, 1.807) is 0 Å². The Morgan fingerprint density at radius 1 is 0.833 bits per heavy atom. The molecule has 0 atom stereocenters. The predicted octanol–water partition coefficient (Wildman–Crippen LogP) is 6.86. The summed E-state index contributed by atoms with van der Waals surface area (Å²) in [6.07, 6.45) is 2.23. The van der Waals surface area contributed by atoms with E-state index in [0.29, 0.717) is 5.92 Å². The van der Waals surface area contributed by atoms with Gasteiger partial charge < -0.3 is 4.40 Å². The van der Waals surface area contributed by atoms with Crippen molar-refractivity contribution in [1.82, 2.24) is 4.40 Å². The number of rotatable bonds is 1. The van der Waals surface area contributed by atoms with Crippen LogP contribution in [0, 0.1) is 20.8 Å². The Kier molecular flexibility index (Phi) is 3.38. The minimum absolute atomic E-state index is 0.508. The van der Waals surface area contributed by atoms with E-state index in [0.717, 1.165) is 0 Å². The van der Waals surface area contributed by atoms with Crippen molar-refractivity contribution < 1.29 is 4.57 Å². The number of nitrogens with zero attached hydrogens (tertiary/aromatic N) is 2. The number of pyridine rings is 2. The van der Waals surface area contributed by atoms with Crippen LogP contribution in [-0.4, -0.2) is 4.40 Å². The monoisotopic (exact) mass is 391 g/mol. The van der Waals surface area contributed by atoms with Gasteiger partial charge in [-0.2, -0.15) is 4.57 Å². The van der Waals surface area contributed by atoms with Crippen molar-refractivity contribution in [2.75, 3.05) is 0 Å². The van der Waals surface area contributed by atoms with Gasteiger partial charge in [-0.1, -0.05) is 38.1 Å². The van der Waals surface area contributed by atoms with E-state index >= 15 is 0 Å². The molecule has 0 unspecified atom stereocenters. The van der Waals surface area contributed by atoms with Gasteiger partial charge in [0.1, 0.15) is 12.6 Å². The van der Waals surface area contributed by atoms with Crippen LogP contribution in [0.1, 0.15) is 42.0 Å². The zero-order valence-electron chi connectivity index (χ0n) is 18.6. The molecule has 0 aliphatic carbocycles. The van der Waals surface area contributed by atoms with E-state index in [-0.39, 0.29) is 0 Å². The van der Waals surface area contributed by atoms with Crippen LogP contribution in [0.3, 0.4) is 0 Å². The molecule has 6 rings (SSSR count). The van der Waals surface area contributed by atoms with Crippen molar-refractivity contribution >= 4 is 49.0 Å². The third-order valence-corrected chi connectivity index (χ3v) is 7.10.